The van der Waals surface area contributed by atoms with Crippen LogP contribution in [0.5, 0.6) is 0 Å². The van der Waals surface area contributed by atoms with Gasteiger partial charge in [-0.05, 0) is 7.05 Å². The zero-order valence-electron chi connectivity index (χ0n) is 15.4. The van der Waals surface area contributed by atoms with Crippen molar-refractivity contribution in [1.29, 1.82) is 0 Å². The van der Waals surface area contributed by atoms with Crippen molar-refractivity contribution in [2.75, 3.05) is 46.3 Å². The molecule has 1 amide bonds. The minimum absolute atomic E-state index is 0.0677. The fourth-order valence-corrected chi connectivity index (χ4v) is 3.41. The van der Waals surface area contributed by atoms with Crippen LogP contribution in [0.2, 0.25) is 0 Å². The number of rotatable bonds is 6. The second kappa shape index (κ2) is 7.53. The number of nitrogens with zero attached hydrogens (tertiary/aromatic N) is 5. The predicted molar refractivity (Wildman–Crippen MR) is 101 cm³/mol. The maximum absolute atomic E-state index is 12.6. The Morgan fingerprint density at radius 1 is 1.22 bits per heavy atom. The molecule has 0 spiro atoms. The van der Waals surface area contributed by atoms with Crippen LogP contribution in [0.4, 0.5) is 0 Å². The Balaban J connectivity index is 1.30. The second-order valence-corrected chi connectivity index (χ2v) is 6.97. The number of hydrogen-bond donors (Lipinski definition) is 1. The highest BCUT2D eigenvalue weighted by Gasteiger charge is 2.14. The van der Waals surface area contributed by atoms with Gasteiger partial charge in [-0.15, -0.1) is 0 Å². The largest absolute Gasteiger partial charge is 0.463 e. The molecule has 0 unspecified atom stereocenters. The molecular formula is C18H24N6O3. The molecule has 0 bridgehead atoms. The average Bonchev–Trinajstić information content (AvgIpc) is 3.25. The number of piperazine rings is 1. The van der Waals surface area contributed by atoms with Gasteiger partial charge in [0, 0.05) is 57.8 Å². The van der Waals surface area contributed by atoms with E-state index in [2.05, 4.69) is 27.3 Å². The van der Waals surface area contributed by atoms with Crippen LogP contribution >= 0.6 is 0 Å². The Morgan fingerprint density at radius 3 is 2.85 bits per heavy atom. The molecule has 0 radical (unpaired) electrons. The molecule has 1 N–H and O–H groups in total. The van der Waals surface area contributed by atoms with Gasteiger partial charge in [-0.25, -0.2) is 4.68 Å². The monoisotopic (exact) mass is 372 g/mol. The summed E-state index contributed by atoms with van der Waals surface area (Å²) < 4.78 is 8.36. The van der Waals surface area contributed by atoms with Crippen molar-refractivity contribution in [2.45, 2.75) is 13.0 Å². The number of fused-ring (bicyclic) bond motifs is 3. The van der Waals surface area contributed by atoms with Crippen LogP contribution in [0, 0.1) is 0 Å². The molecule has 1 fully saturated rings. The lowest BCUT2D eigenvalue weighted by Crippen LogP contribution is -2.47. The van der Waals surface area contributed by atoms with Gasteiger partial charge >= 0.3 is 0 Å². The van der Waals surface area contributed by atoms with Gasteiger partial charge in [0.05, 0.1) is 18.3 Å². The molecule has 27 heavy (non-hydrogen) atoms. The number of nitrogens with one attached hydrogen (secondary N) is 1. The summed E-state index contributed by atoms with van der Waals surface area (Å²) in [5, 5.41) is 7.10. The summed E-state index contributed by atoms with van der Waals surface area (Å²) in [6.45, 7) is 5.93. The van der Waals surface area contributed by atoms with Gasteiger partial charge in [-0.1, -0.05) is 0 Å². The topological polar surface area (TPSA) is 88.0 Å². The van der Waals surface area contributed by atoms with E-state index in [-0.39, 0.29) is 24.4 Å². The molecule has 144 valence electrons. The zero-order valence-corrected chi connectivity index (χ0v) is 15.4. The standard InChI is InChI=1S/C18H24N6O3/c1-21-7-9-22(10-8-21)6-4-19-17(25)2-5-24-18(26)15-12-16-14(3-11-27-16)23(15)13-20-24/h3,11-13H,2,4-10H2,1H3,(H,19,25). The van der Waals surface area contributed by atoms with Crippen molar-refractivity contribution in [3.8, 4) is 0 Å². The summed E-state index contributed by atoms with van der Waals surface area (Å²) in [6.07, 6.45) is 3.39. The number of likely N-dealkylation sites (N-methyl/N-ethyl adjacent to an activating group) is 1. The first-order valence-corrected chi connectivity index (χ1v) is 9.24. The van der Waals surface area contributed by atoms with Crippen molar-refractivity contribution < 1.29 is 9.21 Å². The Bertz CT molecular complexity index is 996. The van der Waals surface area contributed by atoms with Gasteiger partial charge in [0.15, 0.2) is 5.58 Å². The fraction of sp³-hybridized carbons (Fsp3) is 0.500. The van der Waals surface area contributed by atoms with Gasteiger partial charge in [0.2, 0.25) is 5.91 Å². The van der Waals surface area contributed by atoms with Crippen molar-refractivity contribution in [1.82, 2.24) is 29.3 Å². The van der Waals surface area contributed by atoms with Gasteiger partial charge in [0.1, 0.15) is 11.8 Å². The van der Waals surface area contributed by atoms with E-state index in [4.69, 9.17) is 4.42 Å². The molecule has 4 heterocycles. The average molecular weight is 372 g/mol. The molecule has 1 aliphatic heterocycles. The second-order valence-electron chi connectivity index (χ2n) is 6.97. The van der Waals surface area contributed by atoms with Crippen molar-refractivity contribution in [2.24, 2.45) is 0 Å². The van der Waals surface area contributed by atoms with E-state index in [1.165, 1.54) is 4.68 Å². The molecule has 0 saturated carbocycles. The van der Waals surface area contributed by atoms with Crippen LogP contribution in [-0.4, -0.2) is 76.2 Å². The number of hydrogen-bond acceptors (Lipinski definition) is 6. The maximum Gasteiger partial charge on any atom is 0.291 e. The normalized spacial score (nSPS) is 16.3. The van der Waals surface area contributed by atoms with Crippen LogP contribution in [-0.2, 0) is 11.3 Å². The predicted octanol–water partition coefficient (Wildman–Crippen LogP) is -0.00410. The first-order valence-electron chi connectivity index (χ1n) is 9.24. The van der Waals surface area contributed by atoms with E-state index < -0.39 is 0 Å². The van der Waals surface area contributed by atoms with Gasteiger partial charge in [-0.3, -0.25) is 18.9 Å². The summed E-state index contributed by atoms with van der Waals surface area (Å²) in [5.41, 5.74) is 1.72. The van der Waals surface area contributed by atoms with E-state index in [0.29, 0.717) is 17.6 Å². The van der Waals surface area contributed by atoms with Gasteiger partial charge in [-0.2, -0.15) is 5.10 Å². The van der Waals surface area contributed by atoms with Crippen LogP contribution in [0.1, 0.15) is 6.42 Å². The minimum Gasteiger partial charge on any atom is -0.463 e. The van der Waals surface area contributed by atoms with Crippen LogP contribution in [0.3, 0.4) is 0 Å². The third kappa shape index (κ3) is 3.74. The Morgan fingerprint density at radius 2 is 2.04 bits per heavy atom. The van der Waals surface area contributed by atoms with Crippen molar-refractivity contribution in [3.05, 3.63) is 35.1 Å². The van der Waals surface area contributed by atoms with Crippen LogP contribution < -0.4 is 10.9 Å². The number of carbonyl (C=O) groups is 1. The SMILES string of the molecule is CN1CCN(CCNC(=O)CCn2ncn3c(cc4occc43)c2=O)CC1. The summed E-state index contributed by atoms with van der Waals surface area (Å²) >= 11 is 0. The Hall–Kier alpha value is -2.65. The first kappa shape index (κ1) is 17.7. The number of aromatic nitrogens is 3. The number of aryl methyl sites for hydroxylation is 1. The van der Waals surface area contributed by atoms with Gasteiger partial charge < -0.3 is 14.6 Å². The van der Waals surface area contributed by atoms with Crippen LogP contribution in [0.25, 0.3) is 16.6 Å². The van der Waals surface area contributed by atoms with E-state index in [9.17, 15) is 9.59 Å². The molecule has 0 atom stereocenters. The van der Waals surface area contributed by atoms with E-state index in [1.807, 2.05) is 0 Å². The molecule has 1 saturated heterocycles. The minimum atomic E-state index is -0.228. The number of amides is 1. The van der Waals surface area contributed by atoms with E-state index in [0.717, 1.165) is 38.2 Å². The summed E-state index contributed by atoms with van der Waals surface area (Å²) in [4.78, 5) is 29.3. The molecular weight excluding hydrogens is 348 g/mol. The molecule has 9 heteroatoms. The number of carbonyl (C=O) groups excluding carboxylic acids is 1. The molecule has 3 aromatic heterocycles. The molecule has 9 nitrogen and oxygen atoms in total. The van der Waals surface area contributed by atoms with E-state index >= 15 is 0 Å². The summed E-state index contributed by atoms with van der Waals surface area (Å²) in [6, 6.07) is 3.49. The van der Waals surface area contributed by atoms with Crippen LogP contribution in [0.15, 0.2) is 33.9 Å². The van der Waals surface area contributed by atoms with E-state index in [1.54, 1.807) is 29.1 Å². The molecule has 0 aromatic carbocycles. The lowest BCUT2D eigenvalue weighted by Gasteiger charge is -2.32. The highest BCUT2D eigenvalue weighted by molar-refractivity contribution is 5.81. The molecule has 0 aliphatic carbocycles. The smallest absolute Gasteiger partial charge is 0.291 e. The number of furan rings is 1. The zero-order chi connectivity index (χ0) is 18.8. The fourth-order valence-electron chi connectivity index (χ4n) is 3.41. The first-order chi connectivity index (χ1) is 13.1. The van der Waals surface area contributed by atoms with Crippen molar-refractivity contribution >= 4 is 22.5 Å². The lowest BCUT2D eigenvalue weighted by atomic mass is 10.3. The van der Waals surface area contributed by atoms with Gasteiger partial charge in [0.25, 0.3) is 5.56 Å². The van der Waals surface area contributed by atoms with Crippen molar-refractivity contribution in [3.63, 3.8) is 0 Å². The maximum atomic E-state index is 12.6. The molecule has 4 rings (SSSR count). The lowest BCUT2D eigenvalue weighted by molar-refractivity contribution is -0.121. The Kier molecular flexibility index (Phi) is 4.95. The molecule has 3 aromatic rings. The third-order valence-electron chi connectivity index (χ3n) is 5.12. The summed E-state index contributed by atoms with van der Waals surface area (Å²) in [5.74, 6) is -0.0677. The summed E-state index contributed by atoms with van der Waals surface area (Å²) in [7, 11) is 2.12. The highest BCUT2D eigenvalue weighted by Crippen LogP contribution is 2.18. The quantitative estimate of drug-likeness (QED) is 0.655. The highest BCUT2D eigenvalue weighted by atomic mass is 16.3. The Labute approximate surface area is 156 Å². The molecule has 1 aliphatic rings. The third-order valence-corrected chi connectivity index (χ3v) is 5.12.